The topological polar surface area (TPSA) is 99.4 Å². The van der Waals surface area contributed by atoms with Crippen LogP contribution in [0.2, 0.25) is 0 Å². The molecule has 6 rings (SSSR count). The summed E-state index contributed by atoms with van der Waals surface area (Å²) in [6.07, 6.45) is 11.8. The van der Waals surface area contributed by atoms with Gasteiger partial charge < -0.3 is 10.3 Å². The predicted octanol–water partition coefficient (Wildman–Crippen LogP) is 7.34. The van der Waals surface area contributed by atoms with Gasteiger partial charge in [-0.25, -0.2) is 4.98 Å². The van der Waals surface area contributed by atoms with Crippen LogP contribution >= 0.6 is 0 Å². The summed E-state index contributed by atoms with van der Waals surface area (Å²) in [6.45, 7) is 7.95. The third-order valence-corrected chi connectivity index (χ3v) is 7.42. The van der Waals surface area contributed by atoms with Crippen LogP contribution in [0.1, 0.15) is 45.2 Å². The number of rotatable bonds is 7. The summed E-state index contributed by atoms with van der Waals surface area (Å²) in [4.78, 5) is 25.6. The predicted molar refractivity (Wildman–Crippen MR) is 161 cm³/mol. The van der Waals surface area contributed by atoms with Gasteiger partial charge in [-0.3, -0.25) is 14.9 Å². The molecule has 3 N–H and O–H groups in total. The van der Waals surface area contributed by atoms with Gasteiger partial charge >= 0.3 is 0 Å². The van der Waals surface area contributed by atoms with Crippen LogP contribution in [0.5, 0.6) is 0 Å². The molecule has 7 heteroatoms. The van der Waals surface area contributed by atoms with Crippen molar-refractivity contribution >= 4 is 33.4 Å². The molecule has 0 bridgehead atoms. The molecule has 200 valence electrons. The molecule has 1 aliphatic rings. The summed E-state index contributed by atoms with van der Waals surface area (Å²) >= 11 is 0. The van der Waals surface area contributed by atoms with Crippen LogP contribution in [-0.4, -0.2) is 31.1 Å². The van der Waals surface area contributed by atoms with E-state index in [-0.39, 0.29) is 11.8 Å². The molecule has 1 saturated carbocycles. The van der Waals surface area contributed by atoms with Crippen LogP contribution in [0.15, 0.2) is 90.9 Å². The van der Waals surface area contributed by atoms with E-state index in [0.29, 0.717) is 0 Å². The molecule has 7 nitrogen and oxygen atoms in total. The minimum absolute atomic E-state index is 0.103. The highest BCUT2D eigenvalue weighted by atomic mass is 16.1. The van der Waals surface area contributed by atoms with E-state index in [2.05, 4.69) is 56.3 Å². The molecule has 0 aliphatic heterocycles. The van der Waals surface area contributed by atoms with Gasteiger partial charge in [0.05, 0.1) is 16.9 Å². The molecule has 0 radical (unpaired) electrons. The van der Waals surface area contributed by atoms with E-state index in [1.54, 1.807) is 6.20 Å². The lowest BCUT2D eigenvalue weighted by molar-refractivity contribution is -0.124. The highest BCUT2D eigenvalue weighted by Crippen LogP contribution is 2.34. The summed E-state index contributed by atoms with van der Waals surface area (Å²) in [7, 11) is 0. The van der Waals surface area contributed by atoms with Crippen molar-refractivity contribution in [3.63, 3.8) is 0 Å². The molecular weight excluding hydrogens is 496 g/mol. The number of benzene rings is 1. The summed E-state index contributed by atoms with van der Waals surface area (Å²) in [5, 5.41) is 11.9. The fraction of sp³-hybridized carbons (Fsp3) is 0.212. The standard InChI is InChI=1S/C33H32N6O/c1-20(2)16-24(17-21(3)35-33(40)22-8-4-5-9-22)27-13-14-29-31(37-27)32(39-38-29)30-18-26-25(11-6-12-28(26)36-30)23-10-7-15-34-19-23/h6-7,10-19,22,36H,1,4-5,8-9H2,2-3H3,(H,35,40)(H,38,39)/b21-17+,24-16+. The number of nitrogens with one attached hydrogen (secondary N) is 3. The molecule has 4 aromatic heterocycles. The van der Waals surface area contributed by atoms with Crippen molar-refractivity contribution in [1.29, 1.82) is 0 Å². The van der Waals surface area contributed by atoms with Crippen LogP contribution in [-0.2, 0) is 4.79 Å². The summed E-state index contributed by atoms with van der Waals surface area (Å²) in [5.74, 6) is 0.209. The van der Waals surface area contributed by atoms with Gasteiger partial charge in [-0.05, 0) is 68.7 Å². The van der Waals surface area contributed by atoms with Gasteiger partial charge in [-0.2, -0.15) is 5.10 Å². The first-order chi connectivity index (χ1) is 19.5. The number of H-pyrrole nitrogens is 2. The van der Waals surface area contributed by atoms with E-state index in [4.69, 9.17) is 4.98 Å². The van der Waals surface area contributed by atoms with Crippen LogP contribution in [0, 0.1) is 5.92 Å². The molecule has 40 heavy (non-hydrogen) atoms. The fourth-order valence-corrected chi connectivity index (χ4v) is 5.51. The number of aromatic nitrogens is 5. The van der Waals surface area contributed by atoms with E-state index >= 15 is 0 Å². The van der Waals surface area contributed by atoms with E-state index < -0.39 is 0 Å². The minimum atomic E-state index is 0.103. The number of carbonyl (C=O) groups excluding carboxylic acids is 1. The molecule has 0 atom stereocenters. The summed E-state index contributed by atoms with van der Waals surface area (Å²) < 4.78 is 0. The van der Waals surface area contributed by atoms with Gasteiger partial charge in [0.25, 0.3) is 0 Å². The first-order valence-electron chi connectivity index (χ1n) is 13.7. The van der Waals surface area contributed by atoms with Gasteiger partial charge in [0.1, 0.15) is 11.2 Å². The number of aromatic amines is 2. The van der Waals surface area contributed by atoms with Crippen LogP contribution in [0.3, 0.4) is 0 Å². The van der Waals surface area contributed by atoms with Gasteiger partial charge in [-0.15, -0.1) is 0 Å². The zero-order chi connectivity index (χ0) is 27.6. The number of hydrogen-bond donors (Lipinski definition) is 3. The Balaban J connectivity index is 1.37. The average molecular weight is 529 g/mol. The second-order valence-electron chi connectivity index (χ2n) is 10.6. The lowest BCUT2D eigenvalue weighted by atomic mass is 10.0. The summed E-state index contributed by atoms with van der Waals surface area (Å²) in [6, 6.07) is 16.3. The second kappa shape index (κ2) is 10.8. The minimum Gasteiger partial charge on any atom is -0.353 e. The number of fused-ring (bicyclic) bond motifs is 2. The third-order valence-electron chi connectivity index (χ3n) is 7.42. The quantitative estimate of drug-likeness (QED) is 0.192. The van der Waals surface area contributed by atoms with E-state index in [9.17, 15) is 4.79 Å². The largest absolute Gasteiger partial charge is 0.353 e. The Morgan fingerprint density at radius 2 is 1.90 bits per heavy atom. The number of pyridine rings is 2. The smallest absolute Gasteiger partial charge is 0.227 e. The molecular formula is C33H32N6O. The Morgan fingerprint density at radius 3 is 2.67 bits per heavy atom. The zero-order valence-electron chi connectivity index (χ0n) is 22.8. The molecule has 0 spiro atoms. The molecule has 4 heterocycles. The SMILES string of the molecule is C=C(C)/C=C(\C=C(/C)NC(=O)C1CCCC1)c1ccc2[nH]nc(-c3cc4c(-c5cccnc5)cccc4[nH]3)c2n1. The van der Waals surface area contributed by atoms with Crippen LogP contribution in [0.4, 0.5) is 0 Å². The van der Waals surface area contributed by atoms with Gasteiger partial charge in [0.15, 0.2) is 0 Å². The van der Waals surface area contributed by atoms with Crippen molar-refractivity contribution in [1.82, 2.24) is 30.5 Å². The number of allylic oxidation sites excluding steroid dienone is 5. The fourth-order valence-electron chi connectivity index (χ4n) is 5.51. The Labute approximate surface area is 233 Å². The number of carbonyl (C=O) groups is 1. The normalized spacial score (nSPS) is 14.8. The zero-order valence-corrected chi connectivity index (χ0v) is 22.8. The molecule has 0 saturated heterocycles. The van der Waals surface area contributed by atoms with Crippen molar-refractivity contribution in [2.24, 2.45) is 5.92 Å². The Morgan fingerprint density at radius 1 is 1.05 bits per heavy atom. The second-order valence-corrected chi connectivity index (χ2v) is 10.6. The van der Waals surface area contributed by atoms with Crippen LogP contribution < -0.4 is 5.32 Å². The van der Waals surface area contributed by atoms with Gasteiger partial charge in [-0.1, -0.05) is 49.3 Å². The lowest BCUT2D eigenvalue weighted by Gasteiger charge is -2.12. The van der Waals surface area contributed by atoms with E-state index in [1.807, 2.05) is 56.5 Å². The van der Waals surface area contributed by atoms with Crippen molar-refractivity contribution < 1.29 is 4.79 Å². The average Bonchev–Trinajstić information content (AvgIpc) is 3.72. The molecule has 1 fully saturated rings. The van der Waals surface area contributed by atoms with Gasteiger partial charge in [0.2, 0.25) is 5.91 Å². The van der Waals surface area contributed by atoms with Crippen molar-refractivity contribution in [2.45, 2.75) is 39.5 Å². The highest BCUT2D eigenvalue weighted by molar-refractivity contribution is 6.00. The molecule has 1 aliphatic carbocycles. The van der Waals surface area contributed by atoms with Crippen molar-refractivity contribution in [3.05, 3.63) is 96.6 Å². The Hall–Kier alpha value is -4.78. The van der Waals surface area contributed by atoms with Gasteiger partial charge in [0, 0.05) is 46.0 Å². The monoisotopic (exact) mass is 528 g/mol. The first kappa shape index (κ1) is 25.5. The lowest BCUT2D eigenvalue weighted by Crippen LogP contribution is -2.27. The maximum atomic E-state index is 12.7. The van der Waals surface area contributed by atoms with Crippen molar-refractivity contribution in [2.75, 3.05) is 0 Å². The van der Waals surface area contributed by atoms with E-state index in [0.717, 1.165) is 92.7 Å². The van der Waals surface area contributed by atoms with Crippen molar-refractivity contribution in [3.8, 4) is 22.5 Å². The highest BCUT2D eigenvalue weighted by Gasteiger charge is 2.22. The first-order valence-corrected chi connectivity index (χ1v) is 13.7. The number of nitrogens with zero attached hydrogens (tertiary/aromatic N) is 3. The Kier molecular flexibility index (Phi) is 6.86. The number of hydrogen-bond acceptors (Lipinski definition) is 4. The maximum Gasteiger partial charge on any atom is 0.227 e. The third kappa shape index (κ3) is 5.10. The molecule has 1 amide bonds. The number of amides is 1. The summed E-state index contributed by atoms with van der Waals surface area (Å²) in [5.41, 5.74) is 9.75. The molecule has 5 aromatic rings. The molecule has 0 unspecified atom stereocenters. The molecule has 1 aromatic carbocycles. The van der Waals surface area contributed by atoms with Crippen LogP contribution in [0.25, 0.3) is 50.0 Å². The van der Waals surface area contributed by atoms with E-state index in [1.165, 1.54) is 0 Å². The Bertz CT molecular complexity index is 1780. The maximum absolute atomic E-state index is 12.7.